The summed E-state index contributed by atoms with van der Waals surface area (Å²) in [5.41, 5.74) is 0. The van der Waals surface area contributed by atoms with E-state index in [1.165, 1.54) is 0 Å². The van der Waals surface area contributed by atoms with Gasteiger partial charge in [-0.15, -0.1) is 0 Å². The Morgan fingerprint density at radius 2 is 1.25 bits per heavy atom. The van der Waals surface area contributed by atoms with E-state index in [1.54, 1.807) is 0 Å². The predicted octanol–water partition coefficient (Wildman–Crippen LogP) is -0.124. The third kappa shape index (κ3) is 8.93. The number of rotatable bonds is 0. The molecular weight excluding hydrogens is 340 g/mol. The van der Waals surface area contributed by atoms with E-state index in [4.69, 9.17) is 2.81 Å². The van der Waals surface area contributed by atoms with Crippen molar-refractivity contribution >= 4 is 0 Å². The van der Waals surface area contributed by atoms with E-state index in [0.29, 0.717) is 24.7 Å². The van der Waals surface area contributed by atoms with Crippen LogP contribution in [0.5, 0.6) is 0 Å². The van der Waals surface area contributed by atoms with Gasteiger partial charge in [0.1, 0.15) is 0 Å². The van der Waals surface area contributed by atoms with Crippen molar-refractivity contribution in [2.24, 2.45) is 0 Å². The van der Waals surface area contributed by atoms with E-state index in [2.05, 4.69) is 0 Å². The first-order valence-electron chi connectivity index (χ1n) is 0.204. The average Bonchev–Trinajstić information content (AvgIpc) is 1.00. The molecule has 0 aromatic heterocycles. The Labute approximate surface area is 98.4 Å². The molecule has 0 rings (SSSR count). The molecule has 0 aliphatic heterocycles. The topological polar surface area (TPSA) is 17.1 Å². The summed E-state index contributed by atoms with van der Waals surface area (Å²) in [6.07, 6.45) is 0. The molecule has 4 heavy (non-hydrogen) atoms. The summed E-state index contributed by atoms with van der Waals surface area (Å²) < 4.78 is 8.34. The Balaban J connectivity index is -0.00000000500. The van der Waals surface area contributed by atoms with Crippen molar-refractivity contribution in [2.75, 3.05) is 0 Å². The van der Waals surface area contributed by atoms with Crippen molar-refractivity contribution in [2.45, 2.75) is 0 Å². The summed E-state index contributed by atoms with van der Waals surface area (Å²) in [4.78, 5) is 0. The van der Waals surface area contributed by atoms with Gasteiger partial charge in [-0.3, -0.25) is 0 Å². The fourth-order valence-electron chi connectivity index (χ4n) is 0. The molecule has 17 valence electrons. The second-order valence-electron chi connectivity index (χ2n) is 0. The zero-order valence-electron chi connectivity index (χ0n) is 1.99. The van der Waals surface area contributed by atoms with Crippen LogP contribution in [0.1, 0.15) is 0 Å². The van der Waals surface area contributed by atoms with Crippen molar-refractivity contribution in [1.29, 1.82) is 0 Å². The first kappa shape index (κ1) is 15.7. The molecule has 0 saturated heterocycles. The smallest absolute Gasteiger partial charge is 0 e. The molecule has 0 fully saturated rings. The Kier molecular flexibility index (Phi) is 64.6. The van der Waals surface area contributed by atoms with Gasteiger partial charge in [-0.2, -0.15) is 0 Å². The van der Waals surface area contributed by atoms with Crippen LogP contribution in [-0.4, -0.2) is 0 Å². The van der Waals surface area contributed by atoms with Crippen LogP contribution < -0.4 is 0 Å². The molecule has 4 heteroatoms. The van der Waals surface area contributed by atoms with Gasteiger partial charge in [-0.05, 0) is 0 Å². The van der Waals surface area contributed by atoms with Crippen LogP contribution in [-0.2, 0) is 60.2 Å². The average molecular weight is 340 g/mol. The van der Waals surface area contributed by atoms with Gasteiger partial charge in [-0.1, -0.05) is 0 Å². The van der Waals surface area contributed by atoms with Crippen molar-refractivity contribution in [3.63, 3.8) is 0 Å². The van der Waals surface area contributed by atoms with E-state index >= 15 is 0 Å². The molecule has 0 N–H and O–H groups in total. The molecule has 0 aromatic carbocycles. The second-order valence-corrected chi connectivity index (χ2v) is 0. The molecule has 0 amide bonds. The van der Waals surface area contributed by atoms with Gasteiger partial charge >= 0.3 is 27.5 Å². The second kappa shape index (κ2) is 16.5. The number of hydrogen-bond donors (Lipinski definition) is 0. The third-order valence-electron chi connectivity index (χ3n) is 0. The van der Waals surface area contributed by atoms with E-state index < -0.39 is 0 Å². The Bertz CT molecular complexity index is 8.00. The molecule has 0 aliphatic rings. The minimum atomic E-state index is 0. The fourth-order valence-corrected chi connectivity index (χ4v) is 0. The number of hydrogen-bond acceptors (Lipinski definition) is 1. The van der Waals surface area contributed by atoms with E-state index in [-0.39, 0.29) is 73.5 Å². The summed E-state index contributed by atoms with van der Waals surface area (Å²) in [6.45, 7) is 0. The van der Waals surface area contributed by atoms with E-state index in [9.17, 15) is 0 Å². The predicted molar refractivity (Wildman–Crippen MR) is 0.686 cm³/mol. The molecule has 1 nitrogen and oxygen atoms in total. The summed E-state index contributed by atoms with van der Waals surface area (Å²) in [5, 5.41) is 0. The maximum absolute atomic E-state index is 8.34. The monoisotopic (exact) mass is 337 g/mol. The molecule has 0 bridgehead atoms. The van der Waals surface area contributed by atoms with Crippen LogP contribution in [0.3, 0.4) is 0 Å². The Morgan fingerprint density at radius 3 is 1.25 bits per heavy atom. The van der Waals surface area contributed by atoms with Crippen LogP contribution >= 0.6 is 0 Å². The standard InChI is InChI=1S/Nd.O.Y.Zr. The maximum Gasteiger partial charge on any atom is 0 e. The minimum absolute atomic E-state index is 0. The van der Waals surface area contributed by atoms with Crippen LogP contribution in [0.4, 0.5) is 0 Å². The van der Waals surface area contributed by atoms with Gasteiger partial charge in [0.25, 0.3) is 0 Å². The quantitative estimate of drug-likeness (QED) is 0.601. The van der Waals surface area contributed by atoms with Gasteiger partial charge in [-0.25, -0.2) is 0 Å². The van der Waals surface area contributed by atoms with Crippen LogP contribution in [0.15, 0.2) is 0 Å². The molecule has 0 aromatic rings. The van der Waals surface area contributed by atoms with Gasteiger partial charge in [0.05, 0.1) is 0 Å². The van der Waals surface area contributed by atoms with Crippen molar-refractivity contribution in [3.8, 4) is 0 Å². The maximum atomic E-state index is 8.34. The molecule has 0 unspecified atom stereocenters. The fraction of sp³-hybridized carbons (Fsp3) is 0. The Hall–Kier alpha value is 3.14. The van der Waals surface area contributed by atoms with Crippen molar-refractivity contribution < 1.29 is 101 Å². The third-order valence-corrected chi connectivity index (χ3v) is 0. The largest absolute Gasteiger partial charge is 0 e. The van der Waals surface area contributed by atoms with Crippen LogP contribution in [0.2, 0.25) is 0 Å². The summed E-state index contributed by atoms with van der Waals surface area (Å²) in [5.74, 6) is 0. The summed E-state index contributed by atoms with van der Waals surface area (Å²) >= 11 is 0.300. The molecule has 0 aliphatic carbocycles. The summed E-state index contributed by atoms with van der Waals surface area (Å²) in [7, 11) is 0. The van der Waals surface area contributed by atoms with Crippen molar-refractivity contribution in [1.82, 2.24) is 0 Å². The van der Waals surface area contributed by atoms with E-state index in [0.717, 1.165) is 0 Å². The van der Waals surface area contributed by atoms with Crippen LogP contribution in [0, 0.1) is 40.8 Å². The summed E-state index contributed by atoms with van der Waals surface area (Å²) in [6, 6.07) is 0. The van der Waals surface area contributed by atoms with Gasteiger partial charge in [0.2, 0.25) is 0 Å². The Morgan fingerprint density at radius 1 is 1.25 bits per heavy atom. The van der Waals surface area contributed by atoms with Gasteiger partial charge < -0.3 is 0 Å². The zero-order valence-corrected chi connectivity index (χ0v) is 10.5. The molecule has 0 atom stereocenters. The molecular formula is NdOYZr. The molecule has 0 heterocycles. The first-order valence-corrected chi connectivity index (χ1v) is 1.21. The SMILES string of the molecule is [Nd].[O]=[Zr].[Y]. The van der Waals surface area contributed by atoms with Gasteiger partial charge in [0, 0.05) is 73.5 Å². The molecule has 1 radical (unpaired) electrons. The van der Waals surface area contributed by atoms with Crippen LogP contribution in [0.25, 0.3) is 0 Å². The normalized spacial score (nSPS) is 0.750. The zero-order chi connectivity index (χ0) is 2.00. The van der Waals surface area contributed by atoms with Crippen molar-refractivity contribution in [3.05, 3.63) is 0 Å². The molecule has 0 saturated carbocycles. The van der Waals surface area contributed by atoms with E-state index in [1.807, 2.05) is 0 Å². The first-order chi connectivity index (χ1) is 1.00. The van der Waals surface area contributed by atoms with Gasteiger partial charge in [0.15, 0.2) is 0 Å². The molecule has 0 spiro atoms. The minimum Gasteiger partial charge on any atom is 0 e.